The third kappa shape index (κ3) is 3.63. The Morgan fingerprint density at radius 1 is 1.33 bits per heavy atom. The summed E-state index contributed by atoms with van der Waals surface area (Å²) in [6.07, 6.45) is 1.53. The highest BCUT2D eigenvalue weighted by molar-refractivity contribution is 9.10. The monoisotopic (exact) mass is 375 g/mol. The molecular formula is C13H15BrFN3O2S. The summed E-state index contributed by atoms with van der Waals surface area (Å²) in [6.45, 7) is 0.562. The Kier molecular flexibility index (Phi) is 4.70. The number of hydrogen-bond donors (Lipinski definition) is 2. The Balaban J connectivity index is 2.32. The molecule has 0 fully saturated rings. The predicted octanol–water partition coefficient (Wildman–Crippen LogP) is 2.45. The third-order valence-corrected chi connectivity index (χ3v) is 4.92. The number of nitrogens with zero attached hydrogens (tertiary/aromatic N) is 1. The minimum Gasteiger partial charge on any atom is -0.352 e. The zero-order chi connectivity index (χ0) is 15.6. The van der Waals surface area contributed by atoms with E-state index in [0.29, 0.717) is 11.0 Å². The van der Waals surface area contributed by atoms with Crippen molar-refractivity contribution in [3.63, 3.8) is 0 Å². The molecule has 0 aliphatic heterocycles. The fourth-order valence-electron chi connectivity index (χ4n) is 1.86. The van der Waals surface area contributed by atoms with Crippen molar-refractivity contribution in [1.82, 2.24) is 9.88 Å². The van der Waals surface area contributed by atoms with Crippen molar-refractivity contribution < 1.29 is 12.8 Å². The molecule has 114 valence electrons. The molecule has 0 atom stereocenters. The Labute approximate surface area is 131 Å². The minimum atomic E-state index is -3.72. The van der Waals surface area contributed by atoms with E-state index in [1.54, 1.807) is 24.7 Å². The summed E-state index contributed by atoms with van der Waals surface area (Å²) in [5.74, 6) is -0.444. The van der Waals surface area contributed by atoms with Crippen molar-refractivity contribution in [3.8, 4) is 0 Å². The number of anilines is 1. The van der Waals surface area contributed by atoms with Crippen LogP contribution < -0.4 is 10.0 Å². The molecule has 0 aliphatic rings. The van der Waals surface area contributed by atoms with E-state index < -0.39 is 15.8 Å². The van der Waals surface area contributed by atoms with E-state index in [1.807, 2.05) is 0 Å². The van der Waals surface area contributed by atoms with Crippen molar-refractivity contribution >= 4 is 31.6 Å². The van der Waals surface area contributed by atoms with Gasteiger partial charge in [-0.2, -0.15) is 0 Å². The summed E-state index contributed by atoms with van der Waals surface area (Å²) >= 11 is 3.13. The first-order valence-corrected chi connectivity index (χ1v) is 8.39. The van der Waals surface area contributed by atoms with Crippen LogP contribution in [0.5, 0.6) is 0 Å². The number of benzene rings is 1. The highest BCUT2D eigenvalue weighted by Gasteiger charge is 2.18. The molecule has 5 nitrogen and oxygen atoms in total. The fraction of sp³-hybridized carbons (Fsp3) is 0.231. The summed E-state index contributed by atoms with van der Waals surface area (Å²) in [5.41, 5.74) is 1.13. The van der Waals surface area contributed by atoms with Gasteiger partial charge < -0.3 is 9.88 Å². The molecule has 0 saturated carbocycles. The molecule has 0 amide bonds. The van der Waals surface area contributed by atoms with Gasteiger partial charge in [0.2, 0.25) is 0 Å². The minimum absolute atomic E-state index is 0.159. The van der Waals surface area contributed by atoms with Crippen LogP contribution in [-0.2, 0) is 23.6 Å². The lowest BCUT2D eigenvalue weighted by Gasteiger charge is -2.08. The van der Waals surface area contributed by atoms with E-state index >= 15 is 0 Å². The van der Waals surface area contributed by atoms with E-state index in [1.165, 1.54) is 24.4 Å². The fourth-order valence-corrected chi connectivity index (χ4v) is 3.61. The molecular weight excluding hydrogens is 361 g/mol. The number of sulfonamides is 1. The van der Waals surface area contributed by atoms with Gasteiger partial charge in [0.15, 0.2) is 0 Å². The van der Waals surface area contributed by atoms with E-state index in [2.05, 4.69) is 26.0 Å². The largest absolute Gasteiger partial charge is 0.352 e. The highest BCUT2D eigenvalue weighted by atomic mass is 79.9. The topological polar surface area (TPSA) is 63.1 Å². The van der Waals surface area contributed by atoms with Gasteiger partial charge in [0.1, 0.15) is 10.7 Å². The third-order valence-electron chi connectivity index (χ3n) is 2.93. The number of aryl methyl sites for hydroxylation is 1. The summed E-state index contributed by atoms with van der Waals surface area (Å²) in [6, 6.07) is 5.36. The van der Waals surface area contributed by atoms with Crippen LogP contribution in [-0.4, -0.2) is 20.0 Å². The lowest BCUT2D eigenvalue weighted by atomic mass is 10.3. The summed E-state index contributed by atoms with van der Waals surface area (Å²) in [5, 5.41) is 2.97. The molecule has 0 unspecified atom stereocenters. The molecule has 0 saturated heterocycles. The lowest BCUT2D eigenvalue weighted by molar-refractivity contribution is 0.600. The maximum atomic E-state index is 13.0. The summed E-state index contributed by atoms with van der Waals surface area (Å²) < 4.78 is 42.2. The second kappa shape index (κ2) is 6.17. The Hall–Kier alpha value is -1.38. The van der Waals surface area contributed by atoms with Crippen molar-refractivity contribution in [2.24, 2.45) is 7.05 Å². The first-order valence-electron chi connectivity index (χ1n) is 6.11. The maximum absolute atomic E-state index is 13.0. The summed E-state index contributed by atoms with van der Waals surface area (Å²) in [4.78, 5) is 0.159. The number of halogens is 2. The van der Waals surface area contributed by atoms with Gasteiger partial charge in [-0.15, -0.1) is 0 Å². The van der Waals surface area contributed by atoms with Crippen molar-refractivity contribution in [3.05, 3.63) is 46.4 Å². The SMILES string of the molecule is CNCc1cc(S(=O)(=O)Nc2ccc(F)cc2Br)cn1C. The number of hydrogen-bond acceptors (Lipinski definition) is 3. The molecule has 0 radical (unpaired) electrons. The first kappa shape index (κ1) is 16.0. The van der Waals surface area contributed by atoms with Crippen LogP contribution >= 0.6 is 15.9 Å². The standard InChI is InChI=1S/C13H15BrFN3O2S/c1-16-7-10-6-11(8-18(10)2)21(19,20)17-13-4-3-9(15)5-12(13)14/h3-6,8,16-17H,7H2,1-2H3. The summed E-state index contributed by atoms with van der Waals surface area (Å²) in [7, 11) is -0.156. The van der Waals surface area contributed by atoms with Crippen LogP contribution in [0.2, 0.25) is 0 Å². The first-order chi connectivity index (χ1) is 9.83. The average Bonchev–Trinajstić information content (AvgIpc) is 2.76. The molecule has 1 aromatic carbocycles. The van der Waals surface area contributed by atoms with Crippen LogP contribution in [0.15, 0.2) is 39.8 Å². The van der Waals surface area contributed by atoms with Gasteiger partial charge in [0.05, 0.1) is 5.69 Å². The van der Waals surface area contributed by atoms with Crippen LogP contribution in [0.1, 0.15) is 5.69 Å². The average molecular weight is 376 g/mol. The van der Waals surface area contributed by atoms with Gasteiger partial charge in [0.25, 0.3) is 10.0 Å². The molecule has 21 heavy (non-hydrogen) atoms. The van der Waals surface area contributed by atoms with Gasteiger partial charge in [-0.1, -0.05) is 0 Å². The van der Waals surface area contributed by atoms with Gasteiger partial charge in [0, 0.05) is 30.0 Å². The Bertz CT molecular complexity index is 759. The molecule has 0 aliphatic carbocycles. The molecule has 1 aromatic heterocycles. The number of aromatic nitrogens is 1. The van der Waals surface area contributed by atoms with Crippen LogP contribution in [0, 0.1) is 5.82 Å². The van der Waals surface area contributed by atoms with Crippen LogP contribution in [0.4, 0.5) is 10.1 Å². The molecule has 8 heteroatoms. The highest BCUT2D eigenvalue weighted by Crippen LogP contribution is 2.26. The van der Waals surface area contributed by atoms with Gasteiger partial charge in [-0.25, -0.2) is 12.8 Å². The number of rotatable bonds is 5. The van der Waals surface area contributed by atoms with Crippen molar-refractivity contribution in [1.29, 1.82) is 0 Å². The maximum Gasteiger partial charge on any atom is 0.263 e. The quantitative estimate of drug-likeness (QED) is 0.843. The Morgan fingerprint density at radius 3 is 2.67 bits per heavy atom. The van der Waals surface area contributed by atoms with Gasteiger partial charge in [-0.3, -0.25) is 4.72 Å². The van der Waals surface area contributed by atoms with Crippen molar-refractivity contribution in [2.75, 3.05) is 11.8 Å². The zero-order valence-corrected chi connectivity index (χ0v) is 13.9. The second-order valence-electron chi connectivity index (χ2n) is 4.54. The molecule has 2 rings (SSSR count). The molecule has 0 spiro atoms. The van der Waals surface area contributed by atoms with Crippen molar-refractivity contribution in [2.45, 2.75) is 11.4 Å². The molecule has 2 aromatic rings. The van der Waals surface area contributed by atoms with E-state index in [9.17, 15) is 12.8 Å². The van der Waals surface area contributed by atoms with E-state index in [4.69, 9.17) is 0 Å². The molecule has 0 bridgehead atoms. The number of nitrogens with one attached hydrogen (secondary N) is 2. The van der Waals surface area contributed by atoms with Gasteiger partial charge >= 0.3 is 0 Å². The lowest BCUT2D eigenvalue weighted by Crippen LogP contribution is -2.12. The molecule has 1 heterocycles. The van der Waals surface area contributed by atoms with E-state index in [-0.39, 0.29) is 10.6 Å². The van der Waals surface area contributed by atoms with E-state index in [0.717, 1.165) is 5.69 Å². The zero-order valence-electron chi connectivity index (χ0n) is 11.5. The predicted molar refractivity (Wildman–Crippen MR) is 83.1 cm³/mol. The molecule has 2 N–H and O–H groups in total. The normalized spacial score (nSPS) is 11.6. The van der Waals surface area contributed by atoms with Crippen LogP contribution in [0.3, 0.4) is 0 Å². The van der Waals surface area contributed by atoms with Crippen LogP contribution in [0.25, 0.3) is 0 Å². The Morgan fingerprint density at radius 2 is 2.05 bits per heavy atom. The second-order valence-corrected chi connectivity index (χ2v) is 7.07. The van der Waals surface area contributed by atoms with Gasteiger partial charge in [-0.05, 0) is 47.2 Å². The smallest absolute Gasteiger partial charge is 0.263 e.